The van der Waals surface area contributed by atoms with Gasteiger partial charge in [-0.05, 0) is 26.3 Å². The first-order valence-electron chi connectivity index (χ1n) is 7.20. The lowest BCUT2D eigenvalue weighted by molar-refractivity contribution is 0.0933. The molecule has 4 N–H and O–H groups in total. The van der Waals surface area contributed by atoms with Crippen LogP contribution in [0.25, 0.3) is 0 Å². The van der Waals surface area contributed by atoms with Crippen LogP contribution in [0, 0.1) is 6.92 Å². The Morgan fingerprint density at radius 1 is 1.57 bits per heavy atom. The van der Waals surface area contributed by atoms with Gasteiger partial charge < -0.3 is 16.0 Å². The number of hydrogen-bond acceptors (Lipinski definition) is 4. The molecule has 2 aromatic rings. The van der Waals surface area contributed by atoms with Crippen molar-refractivity contribution in [3.8, 4) is 0 Å². The molecule has 0 aliphatic heterocycles. The Balaban J connectivity index is 2.08. The largest absolute Gasteiger partial charge is 0.347 e. The number of H-pyrrole nitrogens is 1. The topological polar surface area (TPSA) is 102 Å². The number of nitrogens with zero attached hydrogens (tertiary/aromatic N) is 3. The summed E-state index contributed by atoms with van der Waals surface area (Å²) >= 11 is 0. The van der Waals surface area contributed by atoms with E-state index in [9.17, 15) is 4.79 Å². The maximum Gasteiger partial charge on any atom is 0.255 e. The third kappa shape index (κ3) is 3.49. The summed E-state index contributed by atoms with van der Waals surface area (Å²) in [6.07, 6.45) is 6.64. The van der Waals surface area contributed by atoms with Crippen molar-refractivity contribution in [2.24, 2.45) is 5.73 Å². The number of nitrogens with one attached hydrogen (secondary N) is 2. The molecule has 2 rings (SSSR count). The summed E-state index contributed by atoms with van der Waals surface area (Å²) in [6, 6.07) is -0.126. The molecule has 0 aromatic carbocycles. The van der Waals surface area contributed by atoms with Crippen molar-refractivity contribution in [2.75, 3.05) is 6.54 Å². The van der Waals surface area contributed by atoms with Gasteiger partial charge in [-0.1, -0.05) is 6.92 Å². The van der Waals surface area contributed by atoms with Crippen LogP contribution >= 0.6 is 0 Å². The summed E-state index contributed by atoms with van der Waals surface area (Å²) in [5, 5.41) is 7.23. The van der Waals surface area contributed by atoms with Crippen LogP contribution in [0.3, 0.4) is 0 Å². The number of aromatic amines is 1. The average Bonchev–Trinajstić information content (AvgIpc) is 3.12. The number of carbonyl (C=O) groups excluding carboxylic acids is 1. The molecule has 1 amide bonds. The highest BCUT2D eigenvalue weighted by Gasteiger charge is 2.19. The standard InChI is InChI=1S/C14H22N6O/c1-3-12(13-16-6-7-17-13)19-14(21)11-9-18-20(10(11)2)8-4-5-15/h6-7,9,12H,3-5,8,15H2,1-2H3,(H,16,17)(H,19,21). The van der Waals surface area contributed by atoms with E-state index < -0.39 is 0 Å². The van der Waals surface area contributed by atoms with Crippen LogP contribution in [-0.2, 0) is 6.54 Å². The highest BCUT2D eigenvalue weighted by molar-refractivity contribution is 5.95. The lowest BCUT2D eigenvalue weighted by Gasteiger charge is -2.14. The molecule has 0 fully saturated rings. The van der Waals surface area contributed by atoms with Crippen LogP contribution in [0.15, 0.2) is 18.6 Å². The van der Waals surface area contributed by atoms with E-state index in [0.29, 0.717) is 12.1 Å². The summed E-state index contributed by atoms with van der Waals surface area (Å²) in [6.45, 7) is 5.24. The average molecular weight is 290 g/mol. The zero-order chi connectivity index (χ0) is 15.2. The van der Waals surface area contributed by atoms with Gasteiger partial charge in [0.15, 0.2) is 0 Å². The van der Waals surface area contributed by atoms with Crippen LogP contribution in [0.1, 0.15) is 47.7 Å². The summed E-state index contributed by atoms with van der Waals surface area (Å²) in [4.78, 5) is 19.6. The van der Waals surface area contributed by atoms with Gasteiger partial charge in [-0.25, -0.2) is 4.98 Å². The molecule has 7 heteroatoms. The molecule has 0 saturated carbocycles. The smallest absolute Gasteiger partial charge is 0.255 e. The molecule has 2 aromatic heterocycles. The fourth-order valence-corrected chi connectivity index (χ4v) is 2.20. The molecule has 0 aliphatic rings. The van der Waals surface area contributed by atoms with E-state index in [0.717, 1.165) is 30.9 Å². The number of aryl methyl sites for hydroxylation is 1. The maximum atomic E-state index is 12.4. The van der Waals surface area contributed by atoms with E-state index in [-0.39, 0.29) is 11.9 Å². The zero-order valence-electron chi connectivity index (χ0n) is 12.5. The minimum atomic E-state index is -0.130. The summed E-state index contributed by atoms with van der Waals surface area (Å²) < 4.78 is 1.82. The number of amides is 1. The molecular formula is C14H22N6O. The number of aromatic nitrogens is 4. The maximum absolute atomic E-state index is 12.4. The zero-order valence-corrected chi connectivity index (χ0v) is 12.5. The molecule has 0 spiro atoms. The van der Waals surface area contributed by atoms with Gasteiger partial charge in [0.1, 0.15) is 5.82 Å². The number of nitrogens with two attached hydrogens (primary N) is 1. The van der Waals surface area contributed by atoms with Gasteiger partial charge in [-0.2, -0.15) is 5.10 Å². The normalized spacial score (nSPS) is 12.3. The third-order valence-corrected chi connectivity index (χ3v) is 3.48. The van der Waals surface area contributed by atoms with Gasteiger partial charge in [0, 0.05) is 24.6 Å². The molecule has 0 saturated heterocycles. The predicted octanol–water partition coefficient (Wildman–Crippen LogP) is 1.14. The molecule has 0 radical (unpaired) electrons. The fraction of sp³-hybridized carbons (Fsp3) is 0.500. The summed E-state index contributed by atoms with van der Waals surface area (Å²) in [5.41, 5.74) is 6.95. The Hall–Kier alpha value is -2.15. The quantitative estimate of drug-likeness (QED) is 0.711. The predicted molar refractivity (Wildman–Crippen MR) is 79.7 cm³/mol. The molecule has 0 aliphatic carbocycles. The minimum Gasteiger partial charge on any atom is -0.347 e. The second kappa shape index (κ2) is 7.03. The van der Waals surface area contributed by atoms with Crippen LogP contribution in [0.5, 0.6) is 0 Å². The van der Waals surface area contributed by atoms with Crippen molar-refractivity contribution in [3.63, 3.8) is 0 Å². The van der Waals surface area contributed by atoms with Gasteiger partial charge in [0.2, 0.25) is 0 Å². The van der Waals surface area contributed by atoms with Crippen molar-refractivity contribution in [3.05, 3.63) is 35.7 Å². The lowest BCUT2D eigenvalue weighted by Crippen LogP contribution is -2.29. The molecule has 7 nitrogen and oxygen atoms in total. The van der Waals surface area contributed by atoms with Gasteiger partial charge in [-0.3, -0.25) is 9.48 Å². The Morgan fingerprint density at radius 3 is 3.00 bits per heavy atom. The second-order valence-corrected chi connectivity index (χ2v) is 4.92. The van der Waals surface area contributed by atoms with Crippen molar-refractivity contribution in [1.82, 2.24) is 25.1 Å². The monoisotopic (exact) mass is 290 g/mol. The summed E-state index contributed by atoms with van der Waals surface area (Å²) in [7, 11) is 0. The third-order valence-electron chi connectivity index (χ3n) is 3.48. The summed E-state index contributed by atoms with van der Waals surface area (Å²) in [5.74, 6) is 0.633. The van der Waals surface area contributed by atoms with Crippen LogP contribution in [0.4, 0.5) is 0 Å². The van der Waals surface area contributed by atoms with Gasteiger partial charge in [-0.15, -0.1) is 0 Å². The molecule has 21 heavy (non-hydrogen) atoms. The van der Waals surface area contributed by atoms with E-state index in [1.165, 1.54) is 0 Å². The number of hydrogen-bond donors (Lipinski definition) is 3. The Bertz CT molecular complexity index is 574. The minimum absolute atomic E-state index is 0.126. The molecule has 1 unspecified atom stereocenters. The fourth-order valence-electron chi connectivity index (χ4n) is 2.20. The van der Waals surface area contributed by atoms with Crippen molar-refractivity contribution >= 4 is 5.91 Å². The van der Waals surface area contributed by atoms with E-state index in [1.54, 1.807) is 18.6 Å². The molecule has 1 atom stereocenters. The SMILES string of the molecule is CCC(NC(=O)c1cnn(CCCN)c1C)c1ncc[nH]1. The van der Waals surface area contributed by atoms with Crippen LogP contribution < -0.4 is 11.1 Å². The molecule has 2 heterocycles. The van der Waals surface area contributed by atoms with Crippen molar-refractivity contribution < 1.29 is 4.79 Å². The first kappa shape index (κ1) is 15.2. The highest BCUT2D eigenvalue weighted by Crippen LogP contribution is 2.14. The Morgan fingerprint density at radius 2 is 2.38 bits per heavy atom. The first-order valence-corrected chi connectivity index (χ1v) is 7.20. The van der Waals surface area contributed by atoms with E-state index in [4.69, 9.17) is 5.73 Å². The Labute approximate surface area is 123 Å². The molecular weight excluding hydrogens is 268 g/mol. The van der Waals surface area contributed by atoms with Crippen LogP contribution in [-0.4, -0.2) is 32.2 Å². The van der Waals surface area contributed by atoms with Gasteiger partial charge in [0.25, 0.3) is 5.91 Å². The number of carbonyl (C=O) groups is 1. The second-order valence-electron chi connectivity index (χ2n) is 4.92. The van der Waals surface area contributed by atoms with Crippen molar-refractivity contribution in [2.45, 2.75) is 39.3 Å². The van der Waals surface area contributed by atoms with E-state index in [2.05, 4.69) is 20.4 Å². The van der Waals surface area contributed by atoms with Gasteiger partial charge in [0.05, 0.1) is 17.8 Å². The molecule has 0 bridgehead atoms. The van der Waals surface area contributed by atoms with E-state index >= 15 is 0 Å². The van der Waals surface area contributed by atoms with Crippen LogP contribution in [0.2, 0.25) is 0 Å². The van der Waals surface area contributed by atoms with Gasteiger partial charge >= 0.3 is 0 Å². The lowest BCUT2D eigenvalue weighted by atomic mass is 10.2. The Kier molecular flexibility index (Phi) is 5.10. The number of imidazole rings is 1. The molecule has 114 valence electrons. The number of rotatable bonds is 7. The van der Waals surface area contributed by atoms with Crippen molar-refractivity contribution in [1.29, 1.82) is 0 Å². The highest BCUT2D eigenvalue weighted by atomic mass is 16.1. The van der Waals surface area contributed by atoms with E-state index in [1.807, 2.05) is 18.5 Å². The first-order chi connectivity index (χ1) is 10.2.